The average molecular weight is 248 g/mol. The maximum Gasteiger partial charge on any atom is 0.272 e. The quantitative estimate of drug-likeness (QED) is 0.617. The minimum absolute atomic E-state index is 0.0775. The van der Waals surface area contributed by atoms with Gasteiger partial charge >= 0.3 is 0 Å². The largest absolute Gasteiger partial charge is 0.453 e. The molecule has 0 radical (unpaired) electrons. The molecule has 0 spiro atoms. The Morgan fingerprint density at radius 2 is 2.11 bits per heavy atom. The fraction of sp³-hybridized carbons (Fsp3) is 0.0833. The van der Waals surface area contributed by atoms with Gasteiger partial charge in [0.1, 0.15) is 5.75 Å². The lowest BCUT2D eigenvalue weighted by Crippen LogP contribution is -1.93. The SMILES string of the molecule is Cc1ccc(Oc2ccc([N+](=O)[O-])cc2F)cn1. The molecule has 0 N–H and O–H groups in total. The monoisotopic (exact) mass is 248 g/mol. The van der Waals surface area contributed by atoms with E-state index in [0.717, 1.165) is 11.8 Å². The van der Waals surface area contributed by atoms with Gasteiger partial charge in [0.25, 0.3) is 5.69 Å². The molecule has 0 amide bonds. The van der Waals surface area contributed by atoms with E-state index >= 15 is 0 Å². The first-order valence-corrected chi connectivity index (χ1v) is 5.11. The maximum absolute atomic E-state index is 13.5. The number of aromatic nitrogens is 1. The molecule has 0 atom stereocenters. The van der Waals surface area contributed by atoms with Gasteiger partial charge in [0.15, 0.2) is 11.6 Å². The summed E-state index contributed by atoms with van der Waals surface area (Å²) in [4.78, 5) is 13.8. The minimum Gasteiger partial charge on any atom is -0.453 e. The van der Waals surface area contributed by atoms with Crippen molar-refractivity contribution in [3.05, 3.63) is 58.2 Å². The normalized spacial score (nSPS) is 10.1. The van der Waals surface area contributed by atoms with Crippen LogP contribution < -0.4 is 4.74 Å². The van der Waals surface area contributed by atoms with Crippen LogP contribution in [0.4, 0.5) is 10.1 Å². The van der Waals surface area contributed by atoms with Gasteiger partial charge in [-0.05, 0) is 25.1 Å². The molecule has 5 nitrogen and oxygen atoms in total. The van der Waals surface area contributed by atoms with Crippen molar-refractivity contribution in [2.45, 2.75) is 6.92 Å². The average Bonchev–Trinajstić information content (AvgIpc) is 2.34. The number of aryl methyl sites for hydroxylation is 1. The van der Waals surface area contributed by atoms with Crippen molar-refractivity contribution in [2.24, 2.45) is 0 Å². The third-order valence-electron chi connectivity index (χ3n) is 2.24. The first kappa shape index (κ1) is 12.0. The molecule has 0 aliphatic carbocycles. The van der Waals surface area contributed by atoms with E-state index in [0.29, 0.717) is 5.75 Å². The molecule has 1 aromatic heterocycles. The van der Waals surface area contributed by atoms with Gasteiger partial charge in [-0.1, -0.05) is 0 Å². The number of hydrogen-bond acceptors (Lipinski definition) is 4. The topological polar surface area (TPSA) is 65.3 Å². The van der Waals surface area contributed by atoms with Crippen molar-refractivity contribution in [2.75, 3.05) is 0 Å². The van der Waals surface area contributed by atoms with Crippen LogP contribution >= 0.6 is 0 Å². The van der Waals surface area contributed by atoms with Crippen molar-refractivity contribution in [1.29, 1.82) is 0 Å². The second-order valence-electron chi connectivity index (χ2n) is 3.61. The van der Waals surface area contributed by atoms with Gasteiger partial charge in [-0.2, -0.15) is 0 Å². The zero-order chi connectivity index (χ0) is 13.1. The molecule has 2 aromatic rings. The third kappa shape index (κ3) is 2.60. The molecule has 1 aromatic carbocycles. The van der Waals surface area contributed by atoms with Crippen molar-refractivity contribution in [3.8, 4) is 11.5 Å². The summed E-state index contributed by atoms with van der Waals surface area (Å²) in [5.74, 6) is -0.496. The predicted octanol–water partition coefficient (Wildman–Crippen LogP) is 3.23. The first-order chi connectivity index (χ1) is 8.56. The van der Waals surface area contributed by atoms with Crippen LogP contribution in [0.15, 0.2) is 36.5 Å². The highest BCUT2D eigenvalue weighted by Gasteiger charge is 2.12. The van der Waals surface area contributed by atoms with E-state index in [1.165, 1.54) is 18.3 Å². The molecule has 0 fully saturated rings. The fourth-order valence-corrected chi connectivity index (χ4v) is 1.33. The number of hydrogen-bond donors (Lipinski definition) is 0. The van der Waals surface area contributed by atoms with Gasteiger partial charge in [-0.3, -0.25) is 15.1 Å². The number of nitrogens with zero attached hydrogens (tertiary/aromatic N) is 2. The van der Waals surface area contributed by atoms with Gasteiger partial charge in [0.2, 0.25) is 0 Å². The van der Waals surface area contributed by atoms with Crippen LogP contribution in [0, 0.1) is 22.9 Å². The molecule has 0 aliphatic rings. The Kier molecular flexibility index (Phi) is 3.18. The van der Waals surface area contributed by atoms with Crippen molar-refractivity contribution in [1.82, 2.24) is 4.98 Å². The lowest BCUT2D eigenvalue weighted by atomic mass is 10.3. The van der Waals surface area contributed by atoms with Crippen molar-refractivity contribution < 1.29 is 14.1 Å². The molecule has 1 heterocycles. The summed E-state index contributed by atoms with van der Waals surface area (Å²) < 4.78 is 18.8. The minimum atomic E-state index is -0.787. The number of nitro groups is 1. The fourth-order valence-electron chi connectivity index (χ4n) is 1.33. The Morgan fingerprint density at radius 3 is 2.67 bits per heavy atom. The summed E-state index contributed by atoms with van der Waals surface area (Å²) in [6, 6.07) is 6.58. The number of halogens is 1. The number of nitro benzene ring substituents is 1. The summed E-state index contributed by atoms with van der Waals surface area (Å²) >= 11 is 0. The highest BCUT2D eigenvalue weighted by molar-refractivity contribution is 5.39. The van der Waals surface area contributed by atoms with Crippen LogP contribution in [-0.4, -0.2) is 9.91 Å². The summed E-state index contributed by atoms with van der Waals surface area (Å²) in [6.07, 6.45) is 1.45. The molecule has 2 rings (SSSR count). The third-order valence-corrected chi connectivity index (χ3v) is 2.24. The Bertz CT molecular complexity index is 584. The van der Waals surface area contributed by atoms with E-state index in [1.807, 2.05) is 6.92 Å². The van der Waals surface area contributed by atoms with Gasteiger partial charge in [-0.25, -0.2) is 4.39 Å². The zero-order valence-electron chi connectivity index (χ0n) is 9.46. The molecular formula is C12H9FN2O3. The first-order valence-electron chi connectivity index (χ1n) is 5.11. The zero-order valence-corrected chi connectivity index (χ0v) is 9.46. The number of benzene rings is 1. The maximum atomic E-state index is 13.5. The molecule has 0 saturated heterocycles. The Morgan fingerprint density at radius 1 is 1.33 bits per heavy atom. The Labute approximate surface area is 102 Å². The number of ether oxygens (including phenoxy) is 1. The second kappa shape index (κ2) is 4.79. The molecule has 6 heteroatoms. The van der Waals surface area contributed by atoms with Crippen LogP contribution in [0.2, 0.25) is 0 Å². The van der Waals surface area contributed by atoms with Gasteiger partial charge in [0.05, 0.1) is 17.2 Å². The molecule has 92 valence electrons. The Balaban J connectivity index is 2.24. The number of pyridine rings is 1. The van der Waals surface area contributed by atoms with Crippen LogP contribution in [0.3, 0.4) is 0 Å². The van der Waals surface area contributed by atoms with E-state index in [2.05, 4.69) is 4.98 Å². The highest BCUT2D eigenvalue weighted by atomic mass is 19.1. The smallest absolute Gasteiger partial charge is 0.272 e. The summed E-state index contributed by atoms with van der Waals surface area (Å²) in [5.41, 5.74) is 0.494. The van der Waals surface area contributed by atoms with E-state index in [9.17, 15) is 14.5 Å². The predicted molar refractivity (Wildman–Crippen MR) is 62.1 cm³/mol. The molecular weight excluding hydrogens is 239 g/mol. The van der Waals surface area contributed by atoms with Gasteiger partial charge in [-0.15, -0.1) is 0 Å². The van der Waals surface area contributed by atoms with E-state index in [-0.39, 0.29) is 11.4 Å². The van der Waals surface area contributed by atoms with Crippen LogP contribution in [0.25, 0.3) is 0 Å². The van der Waals surface area contributed by atoms with E-state index in [1.54, 1.807) is 12.1 Å². The van der Waals surface area contributed by atoms with Gasteiger partial charge in [0, 0.05) is 11.8 Å². The molecule has 0 saturated carbocycles. The molecule has 0 aliphatic heterocycles. The summed E-state index contributed by atoms with van der Waals surface area (Å²) in [6.45, 7) is 1.82. The van der Waals surface area contributed by atoms with Crippen molar-refractivity contribution in [3.63, 3.8) is 0 Å². The molecule has 0 bridgehead atoms. The standard InChI is InChI=1S/C12H9FN2O3/c1-8-2-4-10(7-14-8)18-12-5-3-9(15(16)17)6-11(12)13/h2-7H,1H3. The van der Waals surface area contributed by atoms with E-state index in [4.69, 9.17) is 4.74 Å². The number of rotatable bonds is 3. The van der Waals surface area contributed by atoms with Crippen LogP contribution in [0.5, 0.6) is 11.5 Å². The molecule has 18 heavy (non-hydrogen) atoms. The molecule has 0 unspecified atom stereocenters. The van der Waals surface area contributed by atoms with Crippen LogP contribution in [-0.2, 0) is 0 Å². The van der Waals surface area contributed by atoms with E-state index < -0.39 is 10.7 Å². The summed E-state index contributed by atoms with van der Waals surface area (Å²) in [5, 5.41) is 10.4. The highest BCUT2D eigenvalue weighted by Crippen LogP contribution is 2.26. The summed E-state index contributed by atoms with van der Waals surface area (Å²) in [7, 11) is 0. The van der Waals surface area contributed by atoms with Crippen LogP contribution in [0.1, 0.15) is 5.69 Å². The second-order valence-corrected chi connectivity index (χ2v) is 3.61. The lowest BCUT2D eigenvalue weighted by molar-refractivity contribution is -0.385. The van der Waals surface area contributed by atoms with Crippen molar-refractivity contribution >= 4 is 5.69 Å². The number of non-ortho nitro benzene ring substituents is 1. The lowest BCUT2D eigenvalue weighted by Gasteiger charge is -2.06. The van der Waals surface area contributed by atoms with Gasteiger partial charge < -0.3 is 4.74 Å². The Hall–Kier alpha value is -2.50.